The molecule has 2 N–H and O–H groups in total. The number of nitrogens with zero attached hydrogens (tertiary/aromatic N) is 3. The molecule has 224 valence electrons. The zero-order valence-corrected chi connectivity index (χ0v) is 25.3. The van der Waals surface area contributed by atoms with E-state index in [1.807, 2.05) is 27.7 Å². The minimum absolute atomic E-state index is 0.151. The van der Waals surface area contributed by atoms with Crippen LogP contribution in [0.2, 0.25) is 0 Å². The lowest BCUT2D eigenvalue weighted by molar-refractivity contribution is 0.0298. The number of morpholine rings is 1. The molecule has 1 fully saturated rings. The number of ether oxygens (including phenoxy) is 3. The smallest absolute Gasteiger partial charge is 0.272 e. The Bertz CT molecular complexity index is 1600. The largest absolute Gasteiger partial charge is 0.492 e. The molecule has 1 saturated heterocycles. The lowest BCUT2D eigenvalue weighted by Crippen LogP contribution is -2.41. The van der Waals surface area contributed by atoms with Gasteiger partial charge in [-0.1, -0.05) is 26.8 Å². The van der Waals surface area contributed by atoms with Gasteiger partial charge in [-0.15, -0.1) is 0 Å². The molecule has 12 nitrogen and oxygen atoms in total. The van der Waals surface area contributed by atoms with Crippen LogP contribution in [0.25, 0.3) is 0 Å². The first kappa shape index (κ1) is 30.7. The van der Waals surface area contributed by atoms with E-state index in [4.69, 9.17) is 14.2 Å². The fourth-order valence-corrected chi connectivity index (χ4v) is 4.80. The van der Waals surface area contributed by atoms with Crippen LogP contribution in [0.4, 0.5) is 11.4 Å². The monoisotopic (exact) mass is 597 g/mol. The summed E-state index contributed by atoms with van der Waals surface area (Å²) < 4.78 is 43.4. The van der Waals surface area contributed by atoms with Crippen LogP contribution in [0.5, 0.6) is 17.4 Å². The minimum atomic E-state index is -3.62. The molecule has 0 spiro atoms. The van der Waals surface area contributed by atoms with Crippen LogP contribution in [-0.4, -0.2) is 74.8 Å². The van der Waals surface area contributed by atoms with Crippen LogP contribution < -0.4 is 19.5 Å². The lowest BCUT2D eigenvalue weighted by atomic mass is 9.86. The molecule has 1 aromatic heterocycles. The van der Waals surface area contributed by atoms with E-state index in [9.17, 15) is 18.0 Å². The number of amides is 2. The van der Waals surface area contributed by atoms with Crippen molar-refractivity contribution in [2.24, 2.45) is 0 Å². The van der Waals surface area contributed by atoms with Gasteiger partial charge in [0.2, 0.25) is 15.9 Å². The summed E-state index contributed by atoms with van der Waals surface area (Å²) in [7, 11) is -2.23. The van der Waals surface area contributed by atoms with Crippen LogP contribution in [0.15, 0.2) is 42.7 Å². The van der Waals surface area contributed by atoms with E-state index in [-0.39, 0.29) is 39.9 Å². The fraction of sp³-hybridized carbons (Fsp3) is 0.379. The number of aromatic nitrogens is 2. The van der Waals surface area contributed by atoms with Crippen molar-refractivity contribution >= 4 is 33.2 Å². The van der Waals surface area contributed by atoms with Crippen LogP contribution in [0, 0.1) is 6.92 Å². The van der Waals surface area contributed by atoms with Gasteiger partial charge >= 0.3 is 0 Å². The third-order valence-electron chi connectivity index (χ3n) is 6.53. The Morgan fingerprint density at radius 2 is 1.71 bits per heavy atom. The van der Waals surface area contributed by atoms with E-state index in [2.05, 4.69) is 20.0 Å². The molecule has 0 radical (unpaired) electrons. The maximum atomic E-state index is 13.4. The quantitative estimate of drug-likeness (QED) is 0.393. The highest BCUT2D eigenvalue weighted by Gasteiger charge is 2.23. The predicted octanol–water partition coefficient (Wildman–Crippen LogP) is 3.98. The van der Waals surface area contributed by atoms with Gasteiger partial charge in [0.15, 0.2) is 5.75 Å². The number of carbonyl (C=O) groups is 2. The molecule has 2 aromatic carbocycles. The Kier molecular flexibility index (Phi) is 9.02. The molecule has 2 amide bonds. The van der Waals surface area contributed by atoms with E-state index in [1.165, 1.54) is 19.5 Å². The van der Waals surface area contributed by atoms with Crippen molar-refractivity contribution in [3.05, 3.63) is 65.1 Å². The number of methoxy groups -OCH3 is 1. The Morgan fingerprint density at radius 1 is 1.02 bits per heavy atom. The number of nitrogens with one attached hydrogen (secondary N) is 2. The van der Waals surface area contributed by atoms with Crippen molar-refractivity contribution < 1.29 is 32.2 Å². The molecule has 42 heavy (non-hydrogen) atoms. The molecule has 0 aliphatic carbocycles. The Morgan fingerprint density at radius 3 is 2.36 bits per heavy atom. The number of aryl methyl sites for hydroxylation is 1. The number of hydrogen-bond acceptors (Lipinski definition) is 9. The summed E-state index contributed by atoms with van der Waals surface area (Å²) in [6.45, 7) is 9.63. The van der Waals surface area contributed by atoms with E-state index >= 15 is 0 Å². The van der Waals surface area contributed by atoms with E-state index < -0.39 is 15.9 Å². The summed E-state index contributed by atoms with van der Waals surface area (Å²) in [5.74, 6) is -0.0324. The summed E-state index contributed by atoms with van der Waals surface area (Å²) in [4.78, 5) is 36.2. The van der Waals surface area contributed by atoms with Crippen molar-refractivity contribution in [2.75, 3.05) is 49.7 Å². The lowest BCUT2D eigenvalue weighted by Gasteiger charge is -2.26. The molecular formula is C29H35N5O7S. The van der Waals surface area contributed by atoms with E-state index in [0.717, 1.165) is 17.4 Å². The van der Waals surface area contributed by atoms with Gasteiger partial charge in [-0.25, -0.2) is 18.4 Å². The number of hydrogen-bond donors (Lipinski definition) is 2. The summed E-state index contributed by atoms with van der Waals surface area (Å²) >= 11 is 0. The van der Waals surface area contributed by atoms with Gasteiger partial charge in [0.1, 0.15) is 17.8 Å². The third-order valence-corrected chi connectivity index (χ3v) is 7.12. The van der Waals surface area contributed by atoms with Gasteiger partial charge in [0.25, 0.3) is 11.8 Å². The maximum Gasteiger partial charge on any atom is 0.272 e. The van der Waals surface area contributed by atoms with E-state index in [1.54, 1.807) is 35.2 Å². The van der Waals surface area contributed by atoms with Gasteiger partial charge in [-0.2, -0.15) is 0 Å². The highest BCUT2D eigenvalue weighted by atomic mass is 32.2. The van der Waals surface area contributed by atoms with Crippen LogP contribution in [-0.2, 0) is 20.2 Å². The number of anilines is 2. The molecule has 0 atom stereocenters. The van der Waals surface area contributed by atoms with Crippen LogP contribution in [0.3, 0.4) is 0 Å². The molecule has 4 rings (SSSR count). The molecule has 1 aliphatic rings. The first-order chi connectivity index (χ1) is 19.7. The minimum Gasteiger partial charge on any atom is -0.492 e. The molecule has 13 heteroatoms. The SMILES string of the molecule is COc1c(NC(=O)c2ccc(C)c(Oc3cc(C(=O)N4CCOCC4)ncn3)c2)cc(C(C)(C)C)cc1NS(C)(=O)=O. The zero-order chi connectivity index (χ0) is 30.7. The molecule has 3 aromatic rings. The normalized spacial score (nSPS) is 13.8. The van der Waals surface area contributed by atoms with Crippen molar-refractivity contribution in [1.29, 1.82) is 0 Å². The average molecular weight is 598 g/mol. The van der Waals surface area contributed by atoms with Crippen molar-refractivity contribution in [2.45, 2.75) is 33.1 Å². The van der Waals surface area contributed by atoms with Crippen molar-refractivity contribution in [1.82, 2.24) is 14.9 Å². The highest BCUT2D eigenvalue weighted by molar-refractivity contribution is 7.92. The second-order valence-electron chi connectivity index (χ2n) is 10.9. The van der Waals surface area contributed by atoms with E-state index in [0.29, 0.717) is 37.7 Å². The van der Waals surface area contributed by atoms with Gasteiger partial charge in [0.05, 0.1) is 38.0 Å². The predicted molar refractivity (Wildman–Crippen MR) is 158 cm³/mol. The maximum absolute atomic E-state index is 13.4. The molecule has 1 aliphatic heterocycles. The third kappa shape index (κ3) is 7.53. The molecule has 0 bridgehead atoms. The summed E-state index contributed by atoms with van der Waals surface area (Å²) in [6.07, 6.45) is 2.30. The van der Waals surface area contributed by atoms with Gasteiger partial charge in [-0.3, -0.25) is 14.3 Å². The first-order valence-corrected chi connectivity index (χ1v) is 15.1. The van der Waals surface area contributed by atoms with Gasteiger partial charge < -0.3 is 24.4 Å². The molecular weight excluding hydrogens is 562 g/mol. The summed E-state index contributed by atoms with van der Waals surface area (Å²) in [5.41, 5.74) is 2.13. The second-order valence-corrected chi connectivity index (χ2v) is 12.7. The summed E-state index contributed by atoms with van der Waals surface area (Å²) in [5, 5.41) is 2.85. The van der Waals surface area contributed by atoms with Crippen LogP contribution >= 0.6 is 0 Å². The summed E-state index contributed by atoms with van der Waals surface area (Å²) in [6, 6.07) is 9.83. The first-order valence-electron chi connectivity index (χ1n) is 13.2. The zero-order valence-electron chi connectivity index (χ0n) is 24.5. The van der Waals surface area contributed by atoms with Gasteiger partial charge in [0, 0.05) is 24.7 Å². The molecule has 0 unspecified atom stereocenters. The standard InChI is InChI=1S/C29H35N5O7S/c1-18-7-8-19(13-24(18)41-25-16-23(30-17-31-25)28(36)34-9-11-40-12-10-34)27(35)32-21-14-20(29(2,3)4)15-22(26(21)39-5)33-42(6,37)38/h7-8,13-17,33H,9-12H2,1-6H3,(H,32,35). The van der Waals surface area contributed by atoms with Gasteiger partial charge in [-0.05, 0) is 47.7 Å². The second kappa shape index (κ2) is 12.3. The molecule has 0 saturated carbocycles. The van der Waals surface area contributed by atoms with Crippen LogP contribution in [0.1, 0.15) is 52.7 Å². The Hall–Kier alpha value is -4.23. The average Bonchev–Trinajstić information content (AvgIpc) is 2.93. The number of rotatable bonds is 8. The highest BCUT2D eigenvalue weighted by Crippen LogP contribution is 2.39. The molecule has 2 heterocycles. The Balaban J connectivity index is 1.61. The Labute approximate surface area is 245 Å². The number of sulfonamides is 1. The number of carbonyl (C=O) groups excluding carboxylic acids is 2. The fourth-order valence-electron chi connectivity index (χ4n) is 4.25. The van der Waals surface area contributed by atoms with Crippen molar-refractivity contribution in [3.8, 4) is 17.4 Å². The van der Waals surface area contributed by atoms with Crippen molar-refractivity contribution in [3.63, 3.8) is 0 Å². The topological polar surface area (TPSA) is 149 Å². The number of benzene rings is 2.